The van der Waals surface area contributed by atoms with Crippen molar-refractivity contribution in [3.8, 4) is 0 Å². The molecule has 3 heteroatoms. The fourth-order valence-corrected chi connectivity index (χ4v) is 2.89. The molecule has 0 spiro atoms. The molecule has 0 aromatic carbocycles. The van der Waals surface area contributed by atoms with E-state index in [0.717, 1.165) is 24.8 Å². The molecule has 0 amide bonds. The summed E-state index contributed by atoms with van der Waals surface area (Å²) in [6, 6.07) is 4.25. The molecule has 3 nitrogen and oxygen atoms in total. The summed E-state index contributed by atoms with van der Waals surface area (Å²) in [5, 5.41) is 0. The highest BCUT2D eigenvalue weighted by Gasteiger charge is 2.26. The average Bonchev–Trinajstić information content (AvgIpc) is 2.86. The van der Waals surface area contributed by atoms with Crippen LogP contribution < -0.4 is 5.73 Å². The summed E-state index contributed by atoms with van der Waals surface area (Å²) in [5.74, 6) is 1.94. The zero-order valence-corrected chi connectivity index (χ0v) is 10.8. The van der Waals surface area contributed by atoms with Crippen LogP contribution in [-0.2, 0) is 0 Å². The van der Waals surface area contributed by atoms with Gasteiger partial charge in [-0.1, -0.05) is 19.8 Å². The lowest BCUT2D eigenvalue weighted by atomic mass is 9.91. The highest BCUT2D eigenvalue weighted by atomic mass is 16.3. The first-order valence-electron chi connectivity index (χ1n) is 6.82. The number of piperidine rings is 1. The lowest BCUT2D eigenvalue weighted by Gasteiger charge is -2.36. The van der Waals surface area contributed by atoms with Gasteiger partial charge in [0.15, 0.2) is 0 Å². The van der Waals surface area contributed by atoms with Gasteiger partial charge in [0.2, 0.25) is 0 Å². The van der Waals surface area contributed by atoms with Gasteiger partial charge in [-0.3, -0.25) is 4.90 Å². The van der Waals surface area contributed by atoms with E-state index in [2.05, 4.69) is 11.8 Å². The number of likely N-dealkylation sites (tertiary alicyclic amines) is 1. The third kappa shape index (κ3) is 3.11. The first-order chi connectivity index (χ1) is 8.35. The molecule has 2 heterocycles. The number of hydrogen-bond acceptors (Lipinski definition) is 3. The lowest BCUT2D eigenvalue weighted by molar-refractivity contribution is 0.119. The van der Waals surface area contributed by atoms with E-state index in [-0.39, 0.29) is 6.04 Å². The molecule has 96 valence electrons. The standard InChI is InChI=1S/C14H24N2O/c1-2-4-12-6-8-16(9-7-12)13(11-15)14-5-3-10-17-14/h3,5,10,12-13H,2,4,6-9,11,15H2,1H3. The highest BCUT2D eigenvalue weighted by molar-refractivity contribution is 5.05. The predicted molar refractivity (Wildman–Crippen MR) is 69.7 cm³/mol. The first kappa shape index (κ1) is 12.7. The Bertz CT molecular complexity index is 302. The second-order valence-corrected chi connectivity index (χ2v) is 5.03. The van der Waals surface area contributed by atoms with Crippen molar-refractivity contribution in [2.45, 2.75) is 38.6 Å². The Balaban J connectivity index is 1.90. The van der Waals surface area contributed by atoms with Crippen LogP contribution in [0, 0.1) is 5.92 Å². The molecule has 1 aliphatic heterocycles. The van der Waals surface area contributed by atoms with Gasteiger partial charge in [-0.25, -0.2) is 0 Å². The third-order valence-electron chi connectivity index (χ3n) is 3.88. The van der Waals surface area contributed by atoms with E-state index in [1.807, 2.05) is 12.1 Å². The van der Waals surface area contributed by atoms with E-state index in [9.17, 15) is 0 Å². The lowest BCUT2D eigenvalue weighted by Crippen LogP contribution is -2.39. The number of nitrogens with two attached hydrogens (primary N) is 1. The monoisotopic (exact) mass is 236 g/mol. The fourth-order valence-electron chi connectivity index (χ4n) is 2.89. The average molecular weight is 236 g/mol. The quantitative estimate of drug-likeness (QED) is 0.854. The van der Waals surface area contributed by atoms with Gasteiger partial charge in [0.05, 0.1) is 12.3 Å². The van der Waals surface area contributed by atoms with E-state index < -0.39 is 0 Å². The molecular weight excluding hydrogens is 212 g/mol. The molecule has 2 N–H and O–H groups in total. The van der Waals surface area contributed by atoms with Crippen LogP contribution in [0.4, 0.5) is 0 Å². The highest BCUT2D eigenvalue weighted by Crippen LogP contribution is 2.28. The Morgan fingerprint density at radius 2 is 2.24 bits per heavy atom. The van der Waals surface area contributed by atoms with Crippen molar-refractivity contribution in [1.29, 1.82) is 0 Å². The van der Waals surface area contributed by atoms with E-state index >= 15 is 0 Å². The second kappa shape index (κ2) is 6.22. The second-order valence-electron chi connectivity index (χ2n) is 5.03. The van der Waals surface area contributed by atoms with Gasteiger partial charge >= 0.3 is 0 Å². The number of rotatable bonds is 5. The molecule has 0 saturated carbocycles. The molecule has 1 fully saturated rings. The normalized spacial score (nSPS) is 20.6. The van der Waals surface area contributed by atoms with Gasteiger partial charge in [0.1, 0.15) is 5.76 Å². The van der Waals surface area contributed by atoms with E-state index in [4.69, 9.17) is 10.2 Å². The molecule has 0 bridgehead atoms. The van der Waals surface area contributed by atoms with Crippen LogP contribution in [0.1, 0.15) is 44.4 Å². The van der Waals surface area contributed by atoms with Crippen LogP contribution in [0.25, 0.3) is 0 Å². The van der Waals surface area contributed by atoms with Crippen LogP contribution >= 0.6 is 0 Å². The van der Waals surface area contributed by atoms with Crippen LogP contribution in [0.15, 0.2) is 22.8 Å². The fraction of sp³-hybridized carbons (Fsp3) is 0.714. The van der Waals surface area contributed by atoms with Gasteiger partial charge in [-0.05, 0) is 44.0 Å². The largest absolute Gasteiger partial charge is 0.468 e. The number of furan rings is 1. The Kier molecular flexibility index (Phi) is 4.63. The Morgan fingerprint density at radius 3 is 2.76 bits per heavy atom. The maximum atomic E-state index is 5.89. The molecule has 0 radical (unpaired) electrons. The molecular formula is C14H24N2O. The maximum absolute atomic E-state index is 5.89. The van der Waals surface area contributed by atoms with Crippen molar-refractivity contribution < 1.29 is 4.42 Å². The van der Waals surface area contributed by atoms with Gasteiger partial charge in [0.25, 0.3) is 0 Å². The van der Waals surface area contributed by atoms with Gasteiger partial charge in [0, 0.05) is 6.54 Å². The molecule has 1 aromatic heterocycles. The van der Waals surface area contributed by atoms with Crippen molar-refractivity contribution in [3.63, 3.8) is 0 Å². The maximum Gasteiger partial charge on any atom is 0.122 e. The molecule has 2 rings (SSSR count). The predicted octanol–water partition coefficient (Wildman–Crippen LogP) is 2.79. The Hall–Kier alpha value is -0.800. The van der Waals surface area contributed by atoms with E-state index in [1.165, 1.54) is 25.7 Å². The summed E-state index contributed by atoms with van der Waals surface area (Å²) in [6.45, 7) is 5.24. The molecule has 1 atom stereocenters. The minimum atomic E-state index is 0.271. The first-order valence-corrected chi connectivity index (χ1v) is 6.82. The topological polar surface area (TPSA) is 42.4 Å². The third-order valence-corrected chi connectivity index (χ3v) is 3.88. The van der Waals surface area contributed by atoms with Crippen molar-refractivity contribution in [3.05, 3.63) is 24.2 Å². The van der Waals surface area contributed by atoms with Crippen molar-refractivity contribution >= 4 is 0 Å². The summed E-state index contributed by atoms with van der Waals surface area (Å²) < 4.78 is 5.49. The van der Waals surface area contributed by atoms with Crippen molar-refractivity contribution in [2.75, 3.05) is 19.6 Å². The minimum Gasteiger partial charge on any atom is -0.468 e. The van der Waals surface area contributed by atoms with Crippen LogP contribution in [0.2, 0.25) is 0 Å². The summed E-state index contributed by atoms with van der Waals surface area (Å²) >= 11 is 0. The number of hydrogen-bond donors (Lipinski definition) is 1. The summed E-state index contributed by atoms with van der Waals surface area (Å²) in [7, 11) is 0. The Labute approximate surface area is 104 Å². The SMILES string of the molecule is CCCC1CCN(C(CN)c2ccco2)CC1. The van der Waals surface area contributed by atoms with Crippen molar-refractivity contribution in [2.24, 2.45) is 11.7 Å². The van der Waals surface area contributed by atoms with Gasteiger partial charge in [-0.2, -0.15) is 0 Å². The van der Waals surface area contributed by atoms with Gasteiger partial charge in [-0.15, -0.1) is 0 Å². The molecule has 1 unspecified atom stereocenters. The summed E-state index contributed by atoms with van der Waals surface area (Å²) in [5.41, 5.74) is 5.89. The van der Waals surface area contributed by atoms with Crippen LogP contribution in [-0.4, -0.2) is 24.5 Å². The molecule has 1 aliphatic rings. The van der Waals surface area contributed by atoms with Crippen LogP contribution in [0.5, 0.6) is 0 Å². The summed E-state index contributed by atoms with van der Waals surface area (Å²) in [6.07, 6.45) is 7.04. The number of nitrogens with zero attached hydrogens (tertiary/aromatic N) is 1. The molecule has 0 aliphatic carbocycles. The van der Waals surface area contributed by atoms with E-state index in [1.54, 1.807) is 6.26 Å². The smallest absolute Gasteiger partial charge is 0.122 e. The minimum absolute atomic E-state index is 0.271. The van der Waals surface area contributed by atoms with E-state index in [0.29, 0.717) is 6.54 Å². The van der Waals surface area contributed by atoms with Crippen molar-refractivity contribution in [1.82, 2.24) is 4.90 Å². The zero-order chi connectivity index (χ0) is 12.1. The molecule has 1 saturated heterocycles. The molecule has 1 aromatic rings. The van der Waals surface area contributed by atoms with Crippen LogP contribution in [0.3, 0.4) is 0 Å². The Morgan fingerprint density at radius 1 is 1.47 bits per heavy atom. The van der Waals surface area contributed by atoms with Gasteiger partial charge < -0.3 is 10.2 Å². The molecule has 17 heavy (non-hydrogen) atoms. The summed E-state index contributed by atoms with van der Waals surface area (Å²) in [4.78, 5) is 2.48. The zero-order valence-electron chi connectivity index (χ0n) is 10.8.